The van der Waals surface area contributed by atoms with Crippen molar-refractivity contribution < 1.29 is 18.0 Å². The molecule has 2 rings (SSSR count). The molecular weight excluding hydrogens is 305 g/mol. The number of benzene rings is 1. The second-order valence-electron chi connectivity index (χ2n) is 4.99. The van der Waals surface area contributed by atoms with Crippen LogP contribution in [0.4, 0.5) is 13.2 Å². The molecule has 1 aromatic rings. The molecule has 0 spiro atoms. The van der Waals surface area contributed by atoms with E-state index in [4.69, 9.17) is 0 Å². The van der Waals surface area contributed by atoms with Crippen LogP contribution in [0.2, 0.25) is 0 Å². The minimum Gasteiger partial charge on any atom is -0.337 e. The van der Waals surface area contributed by atoms with Gasteiger partial charge in [0.2, 0.25) is 0 Å². The molecule has 1 heterocycles. The number of halogens is 4. The number of amides is 1. The van der Waals surface area contributed by atoms with Crippen LogP contribution in [0, 0.1) is 0 Å². The molecule has 0 aromatic heterocycles. The highest BCUT2D eigenvalue weighted by molar-refractivity contribution is 5.94. The van der Waals surface area contributed by atoms with Gasteiger partial charge in [0.1, 0.15) is 0 Å². The Morgan fingerprint density at radius 1 is 1.29 bits per heavy atom. The summed E-state index contributed by atoms with van der Waals surface area (Å²) < 4.78 is 37.4. The quantitative estimate of drug-likeness (QED) is 0.908. The molecule has 1 N–H and O–H groups in total. The predicted octanol–water partition coefficient (Wildman–Crippen LogP) is 2.95. The summed E-state index contributed by atoms with van der Waals surface area (Å²) >= 11 is 0. The van der Waals surface area contributed by atoms with E-state index in [9.17, 15) is 18.0 Å². The van der Waals surface area contributed by atoms with Crippen LogP contribution in [-0.4, -0.2) is 37.0 Å². The number of piperidine rings is 1. The molecule has 118 valence electrons. The summed E-state index contributed by atoms with van der Waals surface area (Å²) in [7, 11) is 1.69. The van der Waals surface area contributed by atoms with Crippen molar-refractivity contribution in [3.05, 3.63) is 35.4 Å². The minimum atomic E-state index is -4.37. The van der Waals surface area contributed by atoms with Gasteiger partial charge in [-0.25, -0.2) is 0 Å². The fourth-order valence-corrected chi connectivity index (χ4v) is 2.34. The SMILES string of the molecule is CN(C(=O)c1ccc(C(F)(F)F)cc1)[C@@H]1CCCNC1.Cl. The van der Waals surface area contributed by atoms with Crippen molar-refractivity contribution in [2.45, 2.75) is 25.1 Å². The number of rotatable bonds is 2. The van der Waals surface area contributed by atoms with Crippen molar-refractivity contribution in [1.82, 2.24) is 10.2 Å². The smallest absolute Gasteiger partial charge is 0.337 e. The first-order valence-corrected chi connectivity index (χ1v) is 6.55. The monoisotopic (exact) mass is 322 g/mol. The first kappa shape index (κ1) is 17.8. The molecule has 1 fully saturated rings. The van der Waals surface area contributed by atoms with Gasteiger partial charge in [-0.15, -0.1) is 12.4 Å². The normalized spacial score (nSPS) is 18.8. The highest BCUT2D eigenvalue weighted by Gasteiger charge is 2.30. The maximum atomic E-state index is 12.5. The van der Waals surface area contributed by atoms with E-state index in [1.807, 2.05) is 0 Å². The topological polar surface area (TPSA) is 32.3 Å². The van der Waals surface area contributed by atoms with Gasteiger partial charge in [0.15, 0.2) is 0 Å². The molecule has 1 amide bonds. The van der Waals surface area contributed by atoms with E-state index in [0.717, 1.165) is 38.1 Å². The molecule has 1 aromatic carbocycles. The largest absolute Gasteiger partial charge is 0.416 e. The molecule has 1 aliphatic rings. The van der Waals surface area contributed by atoms with Crippen molar-refractivity contribution in [1.29, 1.82) is 0 Å². The van der Waals surface area contributed by atoms with Gasteiger partial charge in [0, 0.05) is 25.2 Å². The highest BCUT2D eigenvalue weighted by atomic mass is 35.5. The minimum absolute atomic E-state index is 0. The lowest BCUT2D eigenvalue weighted by Gasteiger charge is -2.31. The van der Waals surface area contributed by atoms with Gasteiger partial charge in [0.05, 0.1) is 5.56 Å². The van der Waals surface area contributed by atoms with Gasteiger partial charge < -0.3 is 10.2 Å². The van der Waals surface area contributed by atoms with Crippen LogP contribution in [0.1, 0.15) is 28.8 Å². The highest BCUT2D eigenvalue weighted by Crippen LogP contribution is 2.29. The molecule has 7 heteroatoms. The number of carbonyl (C=O) groups is 1. The third kappa shape index (κ3) is 4.35. The number of likely N-dealkylation sites (N-methyl/N-ethyl adjacent to an activating group) is 1. The van der Waals surface area contributed by atoms with E-state index in [2.05, 4.69) is 5.32 Å². The van der Waals surface area contributed by atoms with Crippen LogP contribution < -0.4 is 5.32 Å². The Morgan fingerprint density at radius 3 is 2.38 bits per heavy atom. The second-order valence-corrected chi connectivity index (χ2v) is 4.99. The predicted molar refractivity (Wildman–Crippen MR) is 76.7 cm³/mol. The lowest BCUT2D eigenvalue weighted by molar-refractivity contribution is -0.137. The molecule has 0 aliphatic carbocycles. The molecule has 21 heavy (non-hydrogen) atoms. The molecule has 0 radical (unpaired) electrons. The second kappa shape index (κ2) is 7.13. The Morgan fingerprint density at radius 2 is 1.90 bits per heavy atom. The molecule has 0 saturated carbocycles. The average molecular weight is 323 g/mol. The van der Waals surface area contributed by atoms with E-state index in [0.29, 0.717) is 0 Å². The fourth-order valence-electron chi connectivity index (χ4n) is 2.34. The summed E-state index contributed by atoms with van der Waals surface area (Å²) in [5.41, 5.74) is -0.456. The zero-order chi connectivity index (χ0) is 14.8. The van der Waals surface area contributed by atoms with Gasteiger partial charge in [-0.3, -0.25) is 4.79 Å². The van der Waals surface area contributed by atoms with Crippen molar-refractivity contribution in [2.75, 3.05) is 20.1 Å². The lowest BCUT2D eigenvalue weighted by atomic mass is 10.0. The van der Waals surface area contributed by atoms with Crippen LogP contribution >= 0.6 is 12.4 Å². The Hall–Kier alpha value is -1.27. The van der Waals surface area contributed by atoms with Gasteiger partial charge in [0.25, 0.3) is 5.91 Å². The summed E-state index contributed by atoms with van der Waals surface area (Å²) in [6.45, 7) is 1.67. The zero-order valence-electron chi connectivity index (χ0n) is 11.6. The maximum absolute atomic E-state index is 12.5. The summed E-state index contributed by atoms with van der Waals surface area (Å²) in [5, 5.41) is 3.21. The van der Waals surface area contributed by atoms with E-state index >= 15 is 0 Å². The van der Waals surface area contributed by atoms with Crippen LogP contribution in [0.5, 0.6) is 0 Å². The van der Waals surface area contributed by atoms with Crippen LogP contribution in [0.3, 0.4) is 0 Å². The number of nitrogens with one attached hydrogen (secondary N) is 1. The van der Waals surface area contributed by atoms with Crippen molar-refractivity contribution in [2.24, 2.45) is 0 Å². The van der Waals surface area contributed by atoms with Gasteiger partial charge in [-0.2, -0.15) is 13.2 Å². The molecule has 0 unspecified atom stereocenters. The Kier molecular flexibility index (Phi) is 6.04. The van der Waals surface area contributed by atoms with E-state index < -0.39 is 11.7 Å². The van der Waals surface area contributed by atoms with Crippen molar-refractivity contribution in [3.8, 4) is 0 Å². The summed E-state index contributed by atoms with van der Waals surface area (Å²) in [6, 6.07) is 4.45. The standard InChI is InChI=1S/C14H17F3N2O.ClH/c1-19(12-3-2-8-18-9-12)13(20)10-4-6-11(7-5-10)14(15,16)17;/h4-7,12,18H,2-3,8-9H2,1H3;1H/t12-;/m1./s1. The third-order valence-corrected chi connectivity index (χ3v) is 3.60. The number of hydrogen-bond acceptors (Lipinski definition) is 2. The molecule has 1 aliphatic heterocycles. The summed E-state index contributed by atoms with van der Waals surface area (Å²) in [5.74, 6) is -0.243. The van der Waals surface area contributed by atoms with Crippen LogP contribution in [0.25, 0.3) is 0 Å². The van der Waals surface area contributed by atoms with Crippen molar-refractivity contribution >= 4 is 18.3 Å². The van der Waals surface area contributed by atoms with E-state index in [-0.39, 0.29) is 29.9 Å². The van der Waals surface area contributed by atoms with Crippen LogP contribution in [0.15, 0.2) is 24.3 Å². The Balaban J connectivity index is 0.00000220. The number of carbonyl (C=O) groups excluding carboxylic acids is 1. The van der Waals surface area contributed by atoms with E-state index in [1.165, 1.54) is 12.1 Å². The van der Waals surface area contributed by atoms with Crippen molar-refractivity contribution in [3.63, 3.8) is 0 Å². The van der Waals surface area contributed by atoms with Gasteiger partial charge in [-0.1, -0.05) is 0 Å². The maximum Gasteiger partial charge on any atom is 0.416 e. The first-order valence-electron chi connectivity index (χ1n) is 6.55. The molecule has 0 bridgehead atoms. The molecular formula is C14H18ClF3N2O. The molecule has 1 atom stereocenters. The molecule has 1 saturated heterocycles. The number of nitrogens with zero attached hydrogens (tertiary/aromatic N) is 1. The summed E-state index contributed by atoms with van der Waals surface area (Å²) in [4.78, 5) is 13.8. The Bertz CT molecular complexity index is 470. The fraction of sp³-hybridized carbons (Fsp3) is 0.500. The van der Waals surface area contributed by atoms with Gasteiger partial charge in [-0.05, 0) is 43.7 Å². The lowest BCUT2D eigenvalue weighted by Crippen LogP contribution is -2.46. The molecule has 3 nitrogen and oxygen atoms in total. The first-order chi connectivity index (χ1) is 9.39. The average Bonchev–Trinajstić information content (AvgIpc) is 2.46. The van der Waals surface area contributed by atoms with Crippen LogP contribution in [-0.2, 0) is 6.18 Å². The Labute approximate surface area is 127 Å². The van der Waals surface area contributed by atoms with E-state index in [1.54, 1.807) is 11.9 Å². The number of hydrogen-bond donors (Lipinski definition) is 1. The third-order valence-electron chi connectivity index (χ3n) is 3.60. The number of alkyl halides is 3. The summed E-state index contributed by atoms with van der Waals surface area (Å²) in [6.07, 6.45) is -2.47. The zero-order valence-corrected chi connectivity index (χ0v) is 12.4. The van der Waals surface area contributed by atoms with Gasteiger partial charge >= 0.3 is 6.18 Å².